The van der Waals surface area contributed by atoms with Gasteiger partial charge < -0.3 is 9.84 Å². The zero-order valence-electron chi connectivity index (χ0n) is 10.4. The average Bonchev–Trinajstić information content (AvgIpc) is 2.82. The Labute approximate surface area is 117 Å². The number of ether oxygens (including phenoxy) is 1. The number of halogens is 1. The Kier molecular flexibility index (Phi) is 3.45. The Morgan fingerprint density at radius 1 is 1.21 bits per heavy atom. The minimum absolute atomic E-state index is 0.170. The first-order valence-electron chi connectivity index (χ1n) is 6.39. The molecule has 2 atom stereocenters. The average molecular weight is 275 g/mol. The molecule has 1 aliphatic heterocycles. The number of hydrogen-bond acceptors (Lipinski definition) is 2. The molecule has 0 bridgehead atoms. The Morgan fingerprint density at radius 2 is 2.05 bits per heavy atom. The van der Waals surface area contributed by atoms with Crippen molar-refractivity contribution in [2.24, 2.45) is 0 Å². The van der Waals surface area contributed by atoms with Gasteiger partial charge in [-0.15, -0.1) is 0 Å². The van der Waals surface area contributed by atoms with Gasteiger partial charge in [-0.2, -0.15) is 0 Å². The number of hydrogen-bond donors (Lipinski definition) is 1. The summed E-state index contributed by atoms with van der Waals surface area (Å²) in [4.78, 5) is 0. The van der Waals surface area contributed by atoms with Crippen molar-refractivity contribution < 1.29 is 9.84 Å². The zero-order valence-corrected chi connectivity index (χ0v) is 11.2. The van der Waals surface area contributed by atoms with Crippen LogP contribution in [0.15, 0.2) is 48.5 Å². The highest BCUT2D eigenvalue weighted by Crippen LogP contribution is 2.30. The van der Waals surface area contributed by atoms with E-state index in [-0.39, 0.29) is 6.10 Å². The molecule has 98 valence electrons. The van der Waals surface area contributed by atoms with E-state index in [9.17, 15) is 5.11 Å². The third-order valence-electron chi connectivity index (χ3n) is 3.44. The molecular weight excluding hydrogens is 260 g/mol. The fourth-order valence-electron chi connectivity index (χ4n) is 2.46. The third kappa shape index (κ3) is 2.75. The minimum Gasteiger partial charge on any atom is -0.487 e. The summed E-state index contributed by atoms with van der Waals surface area (Å²) >= 11 is 5.95. The summed E-state index contributed by atoms with van der Waals surface area (Å²) in [7, 11) is 0. The summed E-state index contributed by atoms with van der Waals surface area (Å²) in [5, 5.41) is 11.0. The summed E-state index contributed by atoms with van der Waals surface area (Å²) in [6, 6.07) is 15.5. The van der Waals surface area contributed by atoms with Gasteiger partial charge in [-0.05, 0) is 29.3 Å². The lowest BCUT2D eigenvalue weighted by atomic mass is 10.0. The SMILES string of the molecule is OC(Cc1cccc(Cl)c1)C1Cc2ccccc2O1. The fourth-order valence-corrected chi connectivity index (χ4v) is 2.67. The Balaban J connectivity index is 1.68. The molecule has 1 aliphatic rings. The maximum atomic E-state index is 10.3. The molecule has 2 unspecified atom stereocenters. The van der Waals surface area contributed by atoms with Crippen LogP contribution >= 0.6 is 11.6 Å². The number of benzene rings is 2. The summed E-state index contributed by atoms with van der Waals surface area (Å²) in [6.45, 7) is 0. The summed E-state index contributed by atoms with van der Waals surface area (Å²) in [5.41, 5.74) is 2.19. The number of aliphatic hydroxyl groups is 1. The van der Waals surface area contributed by atoms with Crippen molar-refractivity contribution in [3.05, 3.63) is 64.7 Å². The predicted octanol–water partition coefficient (Wildman–Crippen LogP) is 3.25. The molecule has 0 fully saturated rings. The first-order chi connectivity index (χ1) is 9.22. The molecule has 2 aromatic carbocycles. The van der Waals surface area contributed by atoms with E-state index in [4.69, 9.17) is 16.3 Å². The van der Waals surface area contributed by atoms with Crippen molar-refractivity contribution in [3.8, 4) is 5.75 Å². The topological polar surface area (TPSA) is 29.5 Å². The second kappa shape index (κ2) is 5.24. The van der Waals surface area contributed by atoms with Gasteiger partial charge in [-0.25, -0.2) is 0 Å². The van der Waals surface area contributed by atoms with Gasteiger partial charge in [-0.1, -0.05) is 41.9 Å². The second-order valence-electron chi connectivity index (χ2n) is 4.87. The van der Waals surface area contributed by atoms with Crippen molar-refractivity contribution >= 4 is 11.6 Å². The van der Waals surface area contributed by atoms with E-state index >= 15 is 0 Å². The lowest BCUT2D eigenvalue weighted by Gasteiger charge is -2.18. The van der Waals surface area contributed by atoms with E-state index in [1.165, 1.54) is 0 Å². The number of para-hydroxylation sites is 1. The molecule has 3 rings (SSSR count). The second-order valence-corrected chi connectivity index (χ2v) is 5.31. The van der Waals surface area contributed by atoms with Crippen LogP contribution in [0.4, 0.5) is 0 Å². The van der Waals surface area contributed by atoms with Crippen molar-refractivity contribution in [2.75, 3.05) is 0 Å². The van der Waals surface area contributed by atoms with Crippen LogP contribution < -0.4 is 4.74 Å². The van der Waals surface area contributed by atoms with E-state index in [0.717, 1.165) is 23.3 Å². The quantitative estimate of drug-likeness (QED) is 0.931. The van der Waals surface area contributed by atoms with Gasteiger partial charge >= 0.3 is 0 Å². The molecule has 2 nitrogen and oxygen atoms in total. The van der Waals surface area contributed by atoms with Crippen LogP contribution in [0.1, 0.15) is 11.1 Å². The van der Waals surface area contributed by atoms with Gasteiger partial charge in [0, 0.05) is 17.9 Å². The van der Waals surface area contributed by atoms with Gasteiger partial charge in [-0.3, -0.25) is 0 Å². The summed E-state index contributed by atoms with van der Waals surface area (Å²) in [6.07, 6.45) is 0.624. The zero-order chi connectivity index (χ0) is 13.2. The summed E-state index contributed by atoms with van der Waals surface area (Å²) < 4.78 is 5.79. The smallest absolute Gasteiger partial charge is 0.129 e. The third-order valence-corrected chi connectivity index (χ3v) is 3.67. The van der Waals surface area contributed by atoms with Crippen LogP contribution in [-0.2, 0) is 12.8 Å². The minimum atomic E-state index is -0.522. The first-order valence-corrected chi connectivity index (χ1v) is 6.77. The fraction of sp³-hybridized carbons (Fsp3) is 0.250. The van der Waals surface area contributed by atoms with Gasteiger partial charge in [0.25, 0.3) is 0 Å². The number of fused-ring (bicyclic) bond motifs is 1. The van der Waals surface area contributed by atoms with E-state index in [1.54, 1.807) is 0 Å². The molecule has 19 heavy (non-hydrogen) atoms. The van der Waals surface area contributed by atoms with Gasteiger partial charge in [0.1, 0.15) is 11.9 Å². The Morgan fingerprint density at radius 3 is 2.84 bits per heavy atom. The number of rotatable bonds is 3. The van der Waals surface area contributed by atoms with E-state index in [0.29, 0.717) is 11.4 Å². The highest BCUT2D eigenvalue weighted by atomic mass is 35.5. The van der Waals surface area contributed by atoms with Crippen molar-refractivity contribution in [1.29, 1.82) is 0 Å². The van der Waals surface area contributed by atoms with E-state index in [1.807, 2.05) is 48.5 Å². The molecule has 2 aromatic rings. The van der Waals surface area contributed by atoms with Crippen LogP contribution in [0.2, 0.25) is 5.02 Å². The molecule has 0 amide bonds. The standard InChI is InChI=1S/C16H15ClO2/c17-13-6-3-4-11(8-13)9-14(18)16-10-12-5-1-2-7-15(12)19-16/h1-8,14,16,18H,9-10H2. The molecule has 0 saturated heterocycles. The highest BCUT2D eigenvalue weighted by molar-refractivity contribution is 6.30. The Bertz CT molecular complexity index is 557. The highest BCUT2D eigenvalue weighted by Gasteiger charge is 2.28. The first kappa shape index (κ1) is 12.5. The molecule has 1 heterocycles. The summed E-state index contributed by atoms with van der Waals surface area (Å²) in [5.74, 6) is 0.887. The molecule has 0 spiro atoms. The molecule has 0 aromatic heterocycles. The molecule has 1 N–H and O–H groups in total. The molecular formula is C16H15ClO2. The predicted molar refractivity (Wildman–Crippen MR) is 75.7 cm³/mol. The van der Waals surface area contributed by atoms with Crippen molar-refractivity contribution in [2.45, 2.75) is 25.0 Å². The maximum absolute atomic E-state index is 10.3. The largest absolute Gasteiger partial charge is 0.487 e. The molecule has 0 saturated carbocycles. The Hall–Kier alpha value is -1.51. The number of aliphatic hydroxyl groups excluding tert-OH is 1. The molecule has 0 radical (unpaired) electrons. The van der Waals surface area contributed by atoms with Crippen LogP contribution in [0, 0.1) is 0 Å². The lowest BCUT2D eigenvalue weighted by molar-refractivity contribution is 0.0503. The lowest BCUT2D eigenvalue weighted by Crippen LogP contribution is -2.31. The van der Waals surface area contributed by atoms with Crippen LogP contribution in [0.5, 0.6) is 5.75 Å². The van der Waals surface area contributed by atoms with E-state index < -0.39 is 6.10 Å². The van der Waals surface area contributed by atoms with E-state index in [2.05, 4.69) is 0 Å². The van der Waals surface area contributed by atoms with Crippen LogP contribution in [0.25, 0.3) is 0 Å². The van der Waals surface area contributed by atoms with Crippen LogP contribution in [-0.4, -0.2) is 17.3 Å². The molecule has 3 heteroatoms. The maximum Gasteiger partial charge on any atom is 0.129 e. The molecule has 0 aliphatic carbocycles. The van der Waals surface area contributed by atoms with Crippen molar-refractivity contribution in [1.82, 2.24) is 0 Å². The van der Waals surface area contributed by atoms with Gasteiger partial charge in [0.15, 0.2) is 0 Å². The normalized spacial score (nSPS) is 18.7. The monoisotopic (exact) mass is 274 g/mol. The van der Waals surface area contributed by atoms with Gasteiger partial charge in [0.05, 0.1) is 6.10 Å². The van der Waals surface area contributed by atoms with Gasteiger partial charge in [0.2, 0.25) is 0 Å². The van der Waals surface area contributed by atoms with Crippen LogP contribution in [0.3, 0.4) is 0 Å². The van der Waals surface area contributed by atoms with Crippen molar-refractivity contribution in [3.63, 3.8) is 0 Å².